The summed E-state index contributed by atoms with van der Waals surface area (Å²) in [5, 5.41) is 14.9. The Bertz CT molecular complexity index is 383. The molecule has 4 nitrogen and oxygen atoms in total. The summed E-state index contributed by atoms with van der Waals surface area (Å²) in [7, 11) is 0. The van der Waals surface area contributed by atoms with E-state index in [-0.39, 0.29) is 19.1 Å². The second-order valence-electron chi connectivity index (χ2n) is 3.76. The van der Waals surface area contributed by atoms with E-state index in [9.17, 15) is 4.79 Å². The first kappa shape index (κ1) is 14.0. The van der Waals surface area contributed by atoms with Gasteiger partial charge in [0.15, 0.2) is 0 Å². The van der Waals surface area contributed by atoms with Crippen molar-refractivity contribution in [2.75, 3.05) is 25.0 Å². The molecule has 0 atom stereocenters. The molecule has 0 saturated carbocycles. The fourth-order valence-electron chi connectivity index (χ4n) is 1.33. The van der Waals surface area contributed by atoms with E-state index in [0.717, 1.165) is 11.3 Å². The molecule has 1 amide bonds. The van der Waals surface area contributed by atoms with Crippen LogP contribution in [0.5, 0.6) is 0 Å². The first-order valence-electron chi connectivity index (χ1n) is 5.51. The van der Waals surface area contributed by atoms with Gasteiger partial charge in [-0.2, -0.15) is 0 Å². The topological polar surface area (TPSA) is 61.4 Å². The molecule has 0 aliphatic heterocycles. The second-order valence-corrected chi connectivity index (χ2v) is 4.20. The number of carbonyl (C=O) groups excluding carboxylic acids is 1. The van der Waals surface area contributed by atoms with E-state index in [2.05, 4.69) is 10.6 Å². The summed E-state index contributed by atoms with van der Waals surface area (Å²) in [4.78, 5) is 11.6. The van der Waals surface area contributed by atoms with Crippen molar-refractivity contribution >= 4 is 23.2 Å². The van der Waals surface area contributed by atoms with Crippen LogP contribution in [0.1, 0.15) is 12.0 Å². The summed E-state index contributed by atoms with van der Waals surface area (Å²) in [6.45, 7) is 2.89. The molecule has 0 fully saturated rings. The Labute approximate surface area is 106 Å². The summed E-state index contributed by atoms with van der Waals surface area (Å²) in [6, 6.07) is 5.37. The Hall–Kier alpha value is -1.10. The van der Waals surface area contributed by atoms with E-state index < -0.39 is 0 Å². The summed E-state index contributed by atoms with van der Waals surface area (Å²) < 4.78 is 0. The number of aliphatic hydroxyl groups excluding tert-OH is 1. The van der Waals surface area contributed by atoms with E-state index >= 15 is 0 Å². The van der Waals surface area contributed by atoms with Gasteiger partial charge in [0.05, 0.1) is 6.54 Å². The van der Waals surface area contributed by atoms with Crippen molar-refractivity contribution in [1.82, 2.24) is 5.32 Å². The van der Waals surface area contributed by atoms with E-state index in [1.54, 1.807) is 12.1 Å². The highest BCUT2D eigenvalue weighted by atomic mass is 35.5. The number of carbonyl (C=O) groups is 1. The van der Waals surface area contributed by atoms with Crippen LogP contribution < -0.4 is 10.6 Å². The van der Waals surface area contributed by atoms with Crippen molar-refractivity contribution in [3.05, 3.63) is 28.8 Å². The number of hydrogen-bond donors (Lipinski definition) is 3. The first-order chi connectivity index (χ1) is 8.13. The molecule has 94 valence electrons. The molecule has 0 unspecified atom stereocenters. The van der Waals surface area contributed by atoms with Gasteiger partial charge in [0.25, 0.3) is 0 Å². The molecule has 0 aliphatic rings. The van der Waals surface area contributed by atoms with Crippen molar-refractivity contribution in [1.29, 1.82) is 0 Å². The molecule has 0 heterocycles. The van der Waals surface area contributed by atoms with Crippen LogP contribution in [0.25, 0.3) is 0 Å². The van der Waals surface area contributed by atoms with Gasteiger partial charge in [-0.1, -0.05) is 17.7 Å². The zero-order chi connectivity index (χ0) is 12.7. The molecule has 1 aromatic carbocycles. The van der Waals surface area contributed by atoms with Gasteiger partial charge in [-0.15, -0.1) is 0 Å². The highest BCUT2D eigenvalue weighted by molar-refractivity contribution is 6.31. The number of rotatable bonds is 6. The molecule has 1 aromatic rings. The lowest BCUT2D eigenvalue weighted by atomic mass is 10.2. The smallest absolute Gasteiger partial charge is 0.238 e. The zero-order valence-corrected chi connectivity index (χ0v) is 10.5. The van der Waals surface area contributed by atoms with E-state index in [1.165, 1.54) is 0 Å². The third-order valence-electron chi connectivity index (χ3n) is 2.27. The van der Waals surface area contributed by atoms with Gasteiger partial charge < -0.3 is 15.7 Å². The molecule has 1 rings (SSSR count). The number of hydrogen-bond acceptors (Lipinski definition) is 3. The Morgan fingerprint density at radius 3 is 2.94 bits per heavy atom. The zero-order valence-electron chi connectivity index (χ0n) is 9.79. The van der Waals surface area contributed by atoms with Crippen molar-refractivity contribution < 1.29 is 9.90 Å². The van der Waals surface area contributed by atoms with Crippen molar-refractivity contribution in [3.63, 3.8) is 0 Å². The van der Waals surface area contributed by atoms with Gasteiger partial charge >= 0.3 is 0 Å². The molecule has 0 radical (unpaired) electrons. The number of benzene rings is 1. The van der Waals surface area contributed by atoms with Crippen molar-refractivity contribution in [2.45, 2.75) is 13.3 Å². The monoisotopic (exact) mass is 256 g/mol. The number of aryl methyl sites for hydroxylation is 1. The van der Waals surface area contributed by atoms with Crippen LogP contribution in [0.3, 0.4) is 0 Å². The van der Waals surface area contributed by atoms with Crippen LogP contribution in [0.15, 0.2) is 18.2 Å². The normalized spacial score (nSPS) is 10.3. The van der Waals surface area contributed by atoms with Gasteiger partial charge in [-0.05, 0) is 37.6 Å². The number of amides is 1. The van der Waals surface area contributed by atoms with Crippen LogP contribution in [0.2, 0.25) is 5.02 Å². The number of halogens is 1. The molecule has 0 aliphatic carbocycles. The maximum absolute atomic E-state index is 11.6. The minimum absolute atomic E-state index is 0.117. The Balaban J connectivity index is 2.42. The summed E-state index contributed by atoms with van der Waals surface area (Å²) in [6.07, 6.45) is 0.642. The number of nitrogens with one attached hydrogen (secondary N) is 2. The standard InChI is InChI=1S/C12H17ClN2O2/c1-9-3-4-10(13)7-11(9)15-12(17)8-14-5-2-6-16/h3-4,7,14,16H,2,5-6,8H2,1H3,(H,15,17). The predicted octanol–water partition coefficient (Wildman–Crippen LogP) is 1.56. The average Bonchev–Trinajstić information content (AvgIpc) is 2.29. The number of anilines is 1. The van der Waals surface area contributed by atoms with Gasteiger partial charge in [-0.25, -0.2) is 0 Å². The fraction of sp³-hybridized carbons (Fsp3) is 0.417. The van der Waals surface area contributed by atoms with E-state index in [4.69, 9.17) is 16.7 Å². The van der Waals surface area contributed by atoms with Gasteiger partial charge in [0, 0.05) is 17.3 Å². The molecular formula is C12H17ClN2O2. The molecule has 5 heteroatoms. The Morgan fingerprint density at radius 2 is 2.24 bits per heavy atom. The van der Waals surface area contributed by atoms with Crippen LogP contribution in [0.4, 0.5) is 5.69 Å². The lowest BCUT2D eigenvalue weighted by Gasteiger charge is -2.09. The molecule has 0 bridgehead atoms. The van der Waals surface area contributed by atoms with Gasteiger partial charge in [0.1, 0.15) is 0 Å². The molecule has 0 spiro atoms. The van der Waals surface area contributed by atoms with Crippen molar-refractivity contribution in [3.8, 4) is 0 Å². The minimum atomic E-state index is -0.117. The van der Waals surface area contributed by atoms with Crippen LogP contribution in [-0.4, -0.2) is 30.7 Å². The quantitative estimate of drug-likeness (QED) is 0.677. The van der Waals surface area contributed by atoms with Crippen LogP contribution in [0, 0.1) is 6.92 Å². The van der Waals surface area contributed by atoms with Crippen LogP contribution in [-0.2, 0) is 4.79 Å². The fourth-order valence-corrected chi connectivity index (χ4v) is 1.50. The highest BCUT2D eigenvalue weighted by Crippen LogP contribution is 2.19. The largest absolute Gasteiger partial charge is 0.396 e. The van der Waals surface area contributed by atoms with Gasteiger partial charge in [-0.3, -0.25) is 4.79 Å². The maximum Gasteiger partial charge on any atom is 0.238 e. The Morgan fingerprint density at radius 1 is 1.47 bits per heavy atom. The van der Waals surface area contributed by atoms with Crippen molar-refractivity contribution in [2.24, 2.45) is 0 Å². The first-order valence-corrected chi connectivity index (χ1v) is 5.89. The average molecular weight is 257 g/mol. The minimum Gasteiger partial charge on any atom is -0.396 e. The molecule has 0 saturated heterocycles. The summed E-state index contributed by atoms with van der Waals surface area (Å²) in [5.41, 5.74) is 1.70. The lowest BCUT2D eigenvalue weighted by Crippen LogP contribution is -2.29. The summed E-state index contributed by atoms with van der Waals surface area (Å²) >= 11 is 5.85. The Kier molecular flexibility index (Phi) is 5.97. The highest BCUT2D eigenvalue weighted by Gasteiger charge is 2.04. The molecular weight excluding hydrogens is 240 g/mol. The molecule has 0 aromatic heterocycles. The number of aliphatic hydroxyl groups is 1. The summed E-state index contributed by atoms with van der Waals surface area (Å²) in [5.74, 6) is -0.117. The maximum atomic E-state index is 11.6. The SMILES string of the molecule is Cc1ccc(Cl)cc1NC(=O)CNCCCO. The molecule has 3 N–H and O–H groups in total. The third kappa shape index (κ3) is 5.17. The van der Waals surface area contributed by atoms with E-state index in [0.29, 0.717) is 18.0 Å². The second kappa shape index (κ2) is 7.27. The third-order valence-corrected chi connectivity index (χ3v) is 2.51. The van der Waals surface area contributed by atoms with E-state index in [1.807, 2.05) is 13.0 Å². The van der Waals surface area contributed by atoms with Crippen LogP contribution >= 0.6 is 11.6 Å². The van der Waals surface area contributed by atoms with Gasteiger partial charge in [0.2, 0.25) is 5.91 Å². The molecule has 17 heavy (non-hydrogen) atoms. The predicted molar refractivity (Wildman–Crippen MR) is 69.4 cm³/mol. The lowest BCUT2D eigenvalue weighted by molar-refractivity contribution is -0.115.